The SMILES string of the molecule is C[SiH](C)CO[Si](C)(O[Si](C)(C)C)O[Si](C)(OC[SiH](C)C)O[Si](C)(O[Si](C)(C)C)O[Si](C)(C)C. The van der Waals surface area contributed by atoms with Crippen LogP contribution >= 0.6 is 0 Å². The van der Waals surface area contributed by atoms with Crippen LogP contribution < -0.4 is 0 Å². The Morgan fingerprint density at radius 2 is 0.636 bits per heavy atom. The molecule has 0 saturated carbocycles. The van der Waals surface area contributed by atoms with E-state index in [-0.39, 0.29) is 0 Å². The topological polar surface area (TPSA) is 64.6 Å². The van der Waals surface area contributed by atoms with Crippen molar-refractivity contribution in [1.82, 2.24) is 0 Å². The maximum absolute atomic E-state index is 6.83. The predicted molar refractivity (Wildman–Crippen MR) is 160 cm³/mol. The van der Waals surface area contributed by atoms with Crippen molar-refractivity contribution < 1.29 is 29.4 Å². The molecule has 0 aromatic rings. The summed E-state index contributed by atoms with van der Waals surface area (Å²) >= 11 is 0. The van der Waals surface area contributed by atoms with Crippen molar-refractivity contribution in [2.45, 2.75) is 105 Å². The van der Waals surface area contributed by atoms with Crippen LogP contribution in [0.3, 0.4) is 0 Å². The van der Waals surface area contributed by atoms with Crippen molar-refractivity contribution in [1.29, 1.82) is 0 Å². The molecule has 15 heteroatoms. The zero-order valence-electron chi connectivity index (χ0n) is 24.4. The second kappa shape index (κ2) is 12.8. The van der Waals surface area contributed by atoms with E-state index in [9.17, 15) is 0 Å². The van der Waals surface area contributed by atoms with E-state index in [1.807, 2.05) is 19.6 Å². The molecule has 0 bridgehead atoms. The Morgan fingerprint density at radius 1 is 0.394 bits per heavy atom. The van der Waals surface area contributed by atoms with Crippen molar-refractivity contribution >= 4 is 69.0 Å². The van der Waals surface area contributed by atoms with Crippen LogP contribution in [0, 0.1) is 0 Å². The Labute approximate surface area is 214 Å². The second-order valence-corrected chi connectivity index (χ2v) is 41.6. The molecule has 0 fully saturated rings. The molecule has 33 heavy (non-hydrogen) atoms. The molecule has 7 nitrogen and oxygen atoms in total. The number of hydrogen-bond donors (Lipinski definition) is 0. The van der Waals surface area contributed by atoms with E-state index in [0.29, 0.717) is 12.5 Å². The predicted octanol–water partition coefficient (Wildman–Crippen LogP) is 5.37. The maximum Gasteiger partial charge on any atom is 0.482 e. The molecule has 2 unspecified atom stereocenters. The van der Waals surface area contributed by atoms with E-state index < -0.39 is 69.0 Å². The summed E-state index contributed by atoms with van der Waals surface area (Å²) in [6, 6.07) is 0. The van der Waals surface area contributed by atoms with E-state index >= 15 is 0 Å². The van der Waals surface area contributed by atoms with Crippen molar-refractivity contribution in [2.24, 2.45) is 0 Å². The quantitative estimate of drug-likeness (QED) is 0.219. The van der Waals surface area contributed by atoms with Crippen molar-refractivity contribution in [3.63, 3.8) is 0 Å². The Hall–Kier alpha value is 1.46. The fourth-order valence-electron chi connectivity index (χ4n) is 3.20. The molecule has 0 aromatic carbocycles. The highest BCUT2D eigenvalue weighted by Gasteiger charge is 2.56. The summed E-state index contributed by atoms with van der Waals surface area (Å²) in [5, 5.41) is 0. The van der Waals surface area contributed by atoms with Crippen LogP contribution in [0.5, 0.6) is 0 Å². The normalized spacial score (nSPS) is 18.0. The van der Waals surface area contributed by atoms with Gasteiger partial charge in [-0.25, -0.2) is 0 Å². The van der Waals surface area contributed by atoms with Gasteiger partial charge in [-0.2, -0.15) is 0 Å². The third kappa shape index (κ3) is 17.5. The fourth-order valence-corrected chi connectivity index (χ4v) is 30.7. The van der Waals surface area contributed by atoms with Crippen molar-refractivity contribution in [3.05, 3.63) is 0 Å². The van der Waals surface area contributed by atoms with Crippen LogP contribution in [0.15, 0.2) is 0 Å². The number of rotatable bonds is 16. The summed E-state index contributed by atoms with van der Waals surface area (Å²) < 4.78 is 46.4. The average Bonchev–Trinajstić information content (AvgIpc) is 2.44. The molecule has 0 radical (unpaired) electrons. The molecule has 0 aliphatic carbocycles. The standard InChI is InChI=1S/C18H54O7Si8/c1-26(2)17-19-31(14,21-28(5,6)7)24-32(15,20-18-27(3)4)25-33(16,22-29(8,9)10)23-30(11,12)13/h26-27H,17-18H2,1-16H3. The average molecular weight is 607 g/mol. The summed E-state index contributed by atoms with van der Waals surface area (Å²) in [4.78, 5) is 0. The molecule has 0 N–H and O–H groups in total. The molecule has 0 saturated heterocycles. The van der Waals surface area contributed by atoms with Gasteiger partial charge in [0.2, 0.25) is 0 Å². The molecule has 0 heterocycles. The molecule has 0 rings (SSSR count). The number of hydrogen-bond acceptors (Lipinski definition) is 7. The Balaban J connectivity index is 6.23. The molecule has 0 aliphatic rings. The van der Waals surface area contributed by atoms with Gasteiger partial charge in [0.1, 0.15) is 0 Å². The van der Waals surface area contributed by atoms with Gasteiger partial charge in [0.05, 0.1) is 17.6 Å². The second-order valence-electron chi connectivity index (χ2n) is 12.8. The van der Waals surface area contributed by atoms with Gasteiger partial charge in [0, 0.05) is 32.1 Å². The first-order valence-electron chi connectivity index (χ1n) is 12.2. The molecule has 200 valence electrons. The minimum atomic E-state index is -3.21. The summed E-state index contributed by atoms with van der Waals surface area (Å²) in [5.41, 5.74) is 0. The van der Waals surface area contributed by atoms with Gasteiger partial charge in [-0.3, -0.25) is 0 Å². The smallest absolute Gasteiger partial charge is 0.417 e. The monoisotopic (exact) mass is 606 g/mol. The zero-order chi connectivity index (χ0) is 26.5. The van der Waals surface area contributed by atoms with E-state index in [4.69, 9.17) is 29.4 Å². The molecular formula is C18H54O7Si8. The summed E-state index contributed by atoms with van der Waals surface area (Å²) in [6.45, 7) is 34.6. The van der Waals surface area contributed by atoms with E-state index in [1.165, 1.54) is 0 Å². The lowest BCUT2D eigenvalue weighted by Crippen LogP contribution is -2.65. The van der Waals surface area contributed by atoms with Crippen LogP contribution in [0.4, 0.5) is 0 Å². The highest BCUT2D eigenvalue weighted by Crippen LogP contribution is 2.30. The molecule has 0 spiro atoms. The van der Waals surface area contributed by atoms with E-state index in [1.54, 1.807) is 0 Å². The van der Waals surface area contributed by atoms with Crippen LogP contribution in [-0.4, -0.2) is 81.4 Å². The van der Waals surface area contributed by atoms with Gasteiger partial charge in [-0.1, -0.05) is 26.2 Å². The summed E-state index contributed by atoms with van der Waals surface area (Å²) in [6.07, 6.45) is 1.38. The largest absolute Gasteiger partial charge is 0.482 e. The first-order chi connectivity index (χ1) is 14.4. The van der Waals surface area contributed by atoms with Crippen LogP contribution in [-0.2, 0) is 29.4 Å². The highest BCUT2D eigenvalue weighted by atomic mass is 28.5. The van der Waals surface area contributed by atoms with E-state index in [0.717, 1.165) is 0 Å². The molecule has 0 aliphatic heterocycles. The summed E-state index contributed by atoms with van der Waals surface area (Å²) in [7, 11) is -17.1. The Morgan fingerprint density at radius 3 is 0.909 bits per heavy atom. The zero-order valence-corrected chi connectivity index (χ0v) is 32.7. The van der Waals surface area contributed by atoms with Crippen molar-refractivity contribution in [3.8, 4) is 0 Å². The lowest BCUT2D eigenvalue weighted by atomic mass is 11.7. The minimum absolute atomic E-state index is 0.670. The minimum Gasteiger partial charge on any atom is -0.417 e. The molecule has 0 amide bonds. The van der Waals surface area contributed by atoms with Gasteiger partial charge in [0.15, 0.2) is 25.0 Å². The van der Waals surface area contributed by atoms with Gasteiger partial charge in [0.25, 0.3) is 0 Å². The lowest BCUT2D eigenvalue weighted by molar-refractivity contribution is 0.104. The first kappa shape index (κ1) is 34.5. The molecule has 2 atom stereocenters. The van der Waals surface area contributed by atoms with Crippen molar-refractivity contribution in [2.75, 3.05) is 12.5 Å². The van der Waals surface area contributed by atoms with Gasteiger partial charge >= 0.3 is 26.4 Å². The van der Waals surface area contributed by atoms with E-state index in [2.05, 4.69) is 85.1 Å². The van der Waals surface area contributed by atoms with Gasteiger partial charge in [-0.15, -0.1) is 0 Å². The molecule has 0 aromatic heterocycles. The highest BCUT2D eigenvalue weighted by molar-refractivity contribution is 6.90. The Kier molecular flexibility index (Phi) is 13.4. The van der Waals surface area contributed by atoms with Crippen LogP contribution in [0.2, 0.25) is 105 Å². The van der Waals surface area contributed by atoms with Gasteiger partial charge in [-0.05, 0) is 58.9 Å². The fraction of sp³-hybridized carbons (Fsp3) is 1.00. The lowest BCUT2D eigenvalue weighted by Gasteiger charge is -2.44. The third-order valence-electron chi connectivity index (χ3n) is 3.57. The Bertz CT molecular complexity index is 576. The molecular weight excluding hydrogens is 553 g/mol. The third-order valence-corrected chi connectivity index (χ3v) is 25.0. The van der Waals surface area contributed by atoms with Crippen LogP contribution in [0.25, 0.3) is 0 Å². The maximum atomic E-state index is 6.83. The first-order valence-corrected chi connectivity index (χ1v) is 35.3. The summed E-state index contributed by atoms with van der Waals surface area (Å²) in [5.74, 6) is 0. The van der Waals surface area contributed by atoms with Crippen LogP contribution in [0.1, 0.15) is 0 Å². The van der Waals surface area contributed by atoms with Gasteiger partial charge < -0.3 is 29.4 Å².